The Morgan fingerprint density at radius 1 is 1.50 bits per heavy atom. The van der Waals surface area contributed by atoms with Crippen LogP contribution in [0.5, 0.6) is 0 Å². The number of imidazole rings is 1. The molecule has 2 rings (SSSR count). The van der Waals surface area contributed by atoms with Crippen molar-refractivity contribution in [2.45, 2.75) is 49.4 Å². The number of nitrogens with one attached hydrogen (secondary N) is 1. The van der Waals surface area contributed by atoms with E-state index in [1.54, 1.807) is 13.3 Å². The molecule has 6 heteroatoms. The molecule has 1 aromatic rings. The maximum absolute atomic E-state index is 12.1. The monoisotopic (exact) mass is 297 g/mol. The predicted molar refractivity (Wildman–Crippen MR) is 79.7 cm³/mol. The lowest BCUT2D eigenvalue weighted by atomic mass is 10.1. The Bertz CT molecular complexity index is 436. The highest BCUT2D eigenvalue weighted by molar-refractivity contribution is 7.99. The molecule has 5 nitrogen and oxygen atoms in total. The van der Waals surface area contributed by atoms with Crippen molar-refractivity contribution in [1.29, 1.82) is 0 Å². The SMILES string of the molecule is CO[C@@H]1CCCCC[C@H]1NC(=O)CSc1nccn1C. The van der Waals surface area contributed by atoms with Crippen molar-refractivity contribution < 1.29 is 9.53 Å². The summed E-state index contributed by atoms with van der Waals surface area (Å²) >= 11 is 1.46. The third-order valence-electron chi connectivity index (χ3n) is 3.71. The molecule has 1 fully saturated rings. The molecule has 1 N–H and O–H groups in total. The van der Waals surface area contributed by atoms with E-state index < -0.39 is 0 Å². The van der Waals surface area contributed by atoms with Crippen molar-refractivity contribution in [2.75, 3.05) is 12.9 Å². The summed E-state index contributed by atoms with van der Waals surface area (Å²) in [6.45, 7) is 0. The van der Waals surface area contributed by atoms with E-state index in [1.165, 1.54) is 24.6 Å². The Hall–Kier alpha value is -1.01. The smallest absolute Gasteiger partial charge is 0.230 e. The standard InChI is InChI=1S/C14H23N3O2S/c1-17-9-8-15-14(17)20-10-13(18)16-11-6-4-3-5-7-12(11)19-2/h8-9,11-12H,3-7,10H2,1-2H3,(H,16,18)/t11-,12-/m1/s1. The zero-order valence-corrected chi connectivity index (χ0v) is 13.0. The van der Waals surface area contributed by atoms with Crippen LogP contribution in [0.3, 0.4) is 0 Å². The molecule has 0 spiro atoms. The molecule has 112 valence electrons. The minimum absolute atomic E-state index is 0.0620. The molecule has 0 aromatic carbocycles. The molecule has 0 unspecified atom stereocenters. The molecule has 1 heterocycles. The average molecular weight is 297 g/mol. The van der Waals surface area contributed by atoms with Crippen LogP contribution in [0.4, 0.5) is 0 Å². The van der Waals surface area contributed by atoms with Crippen molar-refractivity contribution in [3.63, 3.8) is 0 Å². The third kappa shape index (κ3) is 4.24. The van der Waals surface area contributed by atoms with Crippen molar-refractivity contribution >= 4 is 17.7 Å². The first-order valence-corrected chi connectivity index (χ1v) is 8.11. The fourth-order valence-corrected chi connectivity index (χ4v) is 3.33. The number of hydrogen-bond donors (Lipinski definition) is 1. The lowest BCUT2D eigenvalue weighted by Gasteiger charge is -2.24. The summed E-state index contributed by atoms with van der Waals surface area (Å²) < 4.78 is 7.43. The number of carbonyl (C=O) groups is 1. The lowest BCUT2D eigenvalue weighted by molar-refractivity contribution is -0.120. The maximum atomic E-state index is 12.1. The van der Waals surface area contributed by atoms with Crippen LogP contribution in [0.15, 0.2) is 17.6 Å². The molecule has 0 bridgehead atoms. The van der Waals surface area contributed by atoms with Crippen LogP contribution < -0.4 is 5.32 Å². The summed E-state index contributed by atoms with van der Waals surface area (Å²) in [5, 5.41) is 3.99. The van der Waals surface area contributed by atoms with Gasteiger partial charge in [-0.3, -0.25) is 4.79 Å². The first kappa shape index (κ1) is 15.4. The highest BCUT2D eigenvalue weighted by Crippen LogP contribution is 2.21. The normalized spacial score (nSPS) is 23.3. The summed E-state index contributed by atoms with van der Waals surface area (Å²) in [5.41, 5.74) is 0. The van der Waals surface area contributed by atoms with Gasteiger partial charge in [0.25, 0.3) is 0 Å². The van der Waals surface area contributed by atoms with Crippen LogP contribution >= 0.6 is 11.8 Å². The van der Waals surface area contributed by atoms with Crippen LogP contribution in [-0.2, 0) is 16.6 Å². The molecule has 0 aliphatic heterocycles. The number of nitrogens with zero attached hydrogens (tertiary/aromatic N) is 2. The molecule has 1 amide bonds. The van der Waals surface area contributed by atoms with E-state index in [2.05, 4.69) is 10.3 Å². The number of amides is 1. The van der Waals surface area contributed by atoms with Gasteiger partial charge < -0.3 is 14.6 Å². The van der Waals surface area contributed by atoms with Gasteiger partial charge in [0, 0.05) is 26.6 Å². The van der Waals surface area contributed by atoms with Crippen molar-refractivity contribution in [1.82, 2.24) is 14.9 Å². The third-order valence-corrected chi connectivity index (χ3v) is 4.77. The second-order valence-corrected chi connectivity index (χ2v) is 6.14. The Balaban J connectivity index is 1.82. The first-order chi connectivity index (χ1) is 9.70. The van der Waals surface area contributed by atoms with E-state index in [0.717, 1.165) is 24.4 Å². The van der Waals surface area contributed by atoms with Crippen LogP contribution in [0.1, 0.15) is 32.1 Å². The average Bonchev–Trinajstić information content (AvgIpc) is 2.71. The van der Waals surface area contributed by atoms with E-state index >= 15 is 0 Å². The van der Waals surface area contributed by atoms with Crippen LogP contribution in [-0.4, -0.2) is 40.5 Å². The second kappa shape index (κ2) is 7.69. The number of ether oxygens (including phenoxy) is 1. The summed E-state index contributed by atoms with van der Waals surface area (Å²) in [6.07, 6.45) is 9.41. The van der Waals surface area contributed by atoms with Gasteiger partial charge in [0.2, 0.25) is 5.91 Å². The van der Waals surface area contributed by atoms with E-state index in [4.69, 9.17) is 4.74 Å². The molecule has 1 aromatic heterocycles. The fourth-order valence-electron chi connectivity index (χ4n) is 2.59. The van der Waals surface area contributed by atoms with Crippen LogP contribution in [0, 0.1) is 0 Å². The van der Waals surface area contributed by atoms with Crippen LogP contribution in [0.25, 0.3) is 0 Å². The number of thioether (sulfide) groups is 1. The zero-order valence-electron chi connectivity index (χ0n) is 12.2. The van der Waals surface area contributed by atoms with Crippen molar-refractivity contribution in [2.24, 2.45) is 7.05 Å². The van der Waals surface area contributed by atoms with E-state index in [-0.39, 0.29) is 18.1 Å². The van der Waals surface area contributed by atoms with Gasteiger partial charge in [-0.15, -0.1) is 0 Å². The number of carbonyl (C=O) groups excluding carboxylic acids is 1. The molecule has 2 atom stereocenters. The molecule has 0 radical (unpaired) electrons. The van der Waals surface area contributed by atoms with E-state index in [0.29, 0.717) is 5.75 Å². The number of methoxy groups -OCH3 is 1. The largest absolute Gasteiger partial charge is 0.379 e. The Kier molecular flexibility index (Phi) is 5.91. The van der Waals surface area contributed by atoms with Crippen LogP contribution in [0.2, 0.25) is 0 Å². The molecular formula is C14H23N3O2S. The Morgan fingerprint density at radius 3 is 3.00 bits per heavy atom. The lowest BCUT2D eigenvalue weighted by Crippen LogP contribution is -2.44. The first-order valence-electron chi connectivity index (χ1n) is 7.13. The summed E-state index contributed by atoms with van der Waals surface area (Å²) in [6, 6.07) is 0.150. The molecular weight excluding hydrogens is 274 g/mol. The topological polar surface area (TPSA) is 56.1 Å². The number of aromatic nitrogens is 2. The summed E-state index contributed by atoms with van der Waals surface area (Å²) in [5.74, 6) is 0.463. The van der Waals surface area contributed by atoms with Gasteiger partial charge in [0.1, 0.15) is 0 Å². The molecule has 0 saturated heterocycles. The summed E-state index contributed by atoms with van der Waals surface area (Å²) in [4.78, 5) is 16.3. The molecule has 1 saturated carbocycles. The highest BCUT2D eigenvalue weighted by atomic mass is 32.2. The number of aryl methyl sites for hydroxylation is 1. The van der Waals surface area contributed by atoms with Gasteiger partial charge >= 0.3 is 0 Å². The van der Waals surface area contributed by atoms with Gasteiger partial charge in [-0.05, 0) is 12.8 Å². The van der Waals surface area contributed by atoms with Gasteiger partial charge in [-0.2, -0.15) is 0 Å². The highest BCUT2D eigenvalue weighted by Gasteiger charge is 2.24. The minimum atomic E-state index is 0.0620. The van der Waals surface area contributed by atoms with Gasteiger partial charge in [-0.25, -0.2) is 4.98 Å². The van der Waals surface area contributed by atoms with E-state index in [1.807, 2.05) is 17.8 Å². The van der Waals surface area contributed by atoms with Gasteiger partial charge in [0.15, 0.2) is 5.16 Å². The summed E-state index contributed by atoms with van der Waals surface area (Å²) in [7, 11) is 3.66. The fraction of sp³-hybridized carbons (Fsp3) is 0.714. The van der Waals surface area contributed by atoms with E-state index in [9.17, 15) is 4.79 Å². The predicted octanol–water partition coefficient (Wildman–Crippen LogP) is 1.98. The number of hydrogen-bond acceptors (Lipinski definition) is 4. The second-order valence-electron chi connectivity index (χ2n) is 5.20. The van der Waals surface area contributed by atoms with Gasteiger partial charge in [0.05, 0.1) is 17.9 Å². The molecule has 1 aliphatic carbocycles. The van der Waals surface area contributed by atoms with Gasteiger partial charge in [-0.1, -0.05) is 31.0 Å². The Labute approximate surface area is 124 Å². The Morgan fingerprint density at radius 2 is 2.30 bits per heavy atom. The number of rotatable bonds is 5. The molecule has 20 heavy (non-hydrogen) atoms. The maximum Gasteiger partial charge on any atom is 0.230 e. The zero-order chi connectivity index (χ0) is 14.4. The van der Waals surface area contributed by atoms with Crippen molar-refractivity contribution in [3.05, 3.63) is 12.4 Å². The quantitative estimate of drug-likeness (QED) is 0.667. The minimum Gasteiger partial charge on any atom is -0.379 e. The van der Waals surface area contributed by atoms with Crippen molar-refractivity contribution in [3.8, 4) is 0 Å². The molecule has 1 aliphatic rings.